The summed E-state index contributed by atoms with van der Waals surface area (Å²) in [5.41, 5.74) is 2.95. The van der Waals surface area contributed by atoms with E-state index in [0.717, 1.165) is 32.6 Å². The van der Waals surface area contributed by atoms with Gasteiger partial charge in [-0.15, -0.1) is 0 Å². The fraction of sp³-hybridized carbons (Fsp3) is 0.786. The maximum atomic E-state index is 5.47. The highest BCUT2D eigenvalue weighted by Crippen LogP contribution is 2.34. The summed E-state index contributed by atoms with van der Waals surface area (Å²) in [6, 6.07) is 0. The van der Waals surface area contributed by atoms with Crippen LogP contribution in [0.15, 0.2) is 6.20 Å². The molecule has 0 aliphatic carbocycles. The van der Waals surface area contributed by atoms with Gasteiger partial charge in [-0.25, -0.2) is 0 Å². The van der Waals surface area contributed by atoms with E-state index in [1.165, 1.54) is 30.6 Å². The van der Waals surface area contributed by atoms with Crippen molar-refractivity contribution < 1.29 is 4.74 Å². The zero-order valence-corrected chi connectivity index (χ0v) is 11.2. The van der Waals surface area contributed by atoms with E-state index in [-0.39, 0.29) is 0 Å². The molecule has 0 aromatic carbocycles. The molecule has 4 heteroatoms. The molecule has 2 aliphatic rings. The molecule has 2 saturated heterocycles. The fourth-order valence-electron chi connectivity index (χ4n) is 3.37. The quantitative estimate of drug-likeness (QED) is 0.868. The lowest BCUT2D eigenvalue weighted by Crippen LogP contribution is -2.30. The Hall–Kier alpha value is -0.870. The summed E-state index contributed by atoms with van der Waals surface area (Å²) in [6.07, 6.45) is 6.98. The number of ether oxygens (including phenoxy) is 1. The first-order valence-electron chi connectivity index (χ1n) is 7.16. The van der Waals surface area contributed by atoms with Crippen molar-refractivity contribution in [3.8, 4) is 0 Å². The van der Waals surface area contributed by atoms with Crippen LogP contribution in [-0.2, 0) is 11.8 Å². The summed E-state index contributed by atoms with van der Waals surface area (Å²) in [5, 5.41) is 8.03. The van der Waals surface area contributed by atoms with Crippen molar-refractivity contribution in [1.29, 1.82) is 0 Å². The smallest absolute Gasteiger partial charge is 0.0527 e. The minimum atomic E-state index is 0.643. The fourth-order valence-corrected chi connectivity index (χ4v) is 3.37. The Morgan fingerprint density at radius 3 is 2.83 bits per heavy atom. The zero-order chi connectivity index (χ0) is 12.4. The first kappa shape index (κ1) is 12.2. The number of hydrogen-bond donors (Lipinski definition) is 1. The molecule has 0 radical (unpaired) electrons. The third-order valence-corrected chi connectivity index (χ3v) is 4.36. The molecule has 0 amide bonds. The normalized spacial score (nSPS) is 26.4. The molecule has 2 aliphatic heterocycles. The van der Waals surface area contributed by atoms with Gasteiger partial charge >= 0.3 is 0 Å². The number of piperidine rings is 1. The minimum absolute atomic E-state index is 0.643. The number of nitrogens with zero attached hydrogens (tertiary/aromatic N) is 2. The van der Waals surface area contributed by atoms with E-state index in [1.54, 1.807) is 0 Å². The van der Waals surface area contributed by atoms with Crippen molar-refractivity contribution >= 4 is 0 Å². The molecule has 1 unspecified atom stereocenters. The first-order valence-corrected chi connectivity index (χ1v) is 7.16. The van der Waals surface area contributed by atoms with Gasteiger partial charge in [0, 0.05) is 38.4 Å². The Balaban J connectivity index is 1.85. The van der Waals surface area contributed by atoms with E-state index in [9.17, 15) is 0 Å². The predicted octanol–water partition coefficient (Wildman–Crippen LogP) is 1.78. The van der Waals surface area contributed by atoms with Gasteiger partial charge in [0.25, 0.3) is 0 Å². The molecule has 1 aromatic rings. The molecule has 3 heterocycles. The monoisotopic (exact) mass is 249 g/mol. The van der Waals surface area contributed by atoms with E-state index in [1.807, 2.05) is 0 Å². The Labute approximate surface area is 109 Å². The van der Waals surface area contributed by atoms with Gasteiger partial charge in [0.15, 0.2) is 0 Å². The summed E-state index contributed by atoms with van der Waals surface area (Å²) < 4.78 is 7.57. The summed E-state index contributed by atoms with van der Waals surface area (Å²) in [7, 11) is 2.09. The van der Waals surface area contributed by atoms with Crippen LogP contribution in [0.1, 0.15) is 48.8 Å². The lowest BCUT2D eigenvalue weighted by Gasteiger charge is -2.28. The van der Waals surface area contributed by atoms with Gasteiger partial charge in [0.2, 0.25) is 0 Å². The van der Waals surface area contributed by atoms with Gasteiger partial charge in [-0.2, -0.15) is 5.10 Å². The van der Waals surface area contributed by atoms with Crippen LogP contribution in [0.3, 0.4) is 0 Å². The highest BCUT2D eigenvalue weighted by atomic mass is 16.5. The SMILES string of the molecule is Cn1ncc(C2CCOCC2)c1C1CCCNC1. The number of hydrogen-bond acceptors (Lipinski definition) is 3. The van der Waals surface area contributed by atoms with Crippen LogP contribution in [0.5, 0.6) is 0 Å². The third-order valence-electron chi connectivity index (χ3n) is 4.36. The van der Waals surface area contributed by atoms with Crippen molar-refractivity contribution in [3.63, 3.8) is 0 Å². The van der Waals surface area contributed by atoms with Crippen LogP contribution < -0.4 is 5.32 Å². The molecular weight excluding hydrogens is 226 g/mol. The molecule has 2 fully saturated rings. The van der Waals surface area contributed by atoms with Gasteiger partial charge in [-0.05, 0) is 43.7 Å². The van der Waals surface area contributed by atoms with Gasteiger partial charge in [-0.3, -0.25) is 4.68 Å². The Morgan fingerprint density at radius 2 is 2.11 bits per heavy atom. The first-order chi connectivity index (χ1) is 8.86. The number of nitrogens with one attached hydrogen (secondary N) is 1. The third kappa shape index (κ3) is 2.31. The predicted molar refractivity (Wildman–Crippen MR) is 70.8 cm³/mol. The number of rotatable bonds is 2. The van der Waals surface area contributed by atoms with Gasteiger partial charge < -0.3 is 10.1 Å². The van der Waals surface area contributed by atoms with Gasteiger partial charge in [0.05, 0.1) is 6.20 Å². The maximum absolute atomic E-state index is 5.47. The molecule has 4 nitrogen and oxygen atoms in total. The molecule has 1 aromatic heterocycles. The summed E-state index contributed by atoms with van der Waals surface area (Å²) in [5.74, 6) is 1.30. The maximum Gasteiger partial charge on any atom is 0.0527 e. The second kappa shape index (κ2) is 5.41. The van der Waals surface area contributed by atoms with Crippen LogP contribution >= 0.6 is 0 Å². The average molecular weight is 249 g/mol. The summed E-state index contributed by atoms with van der Waals surface area (Å²) >= 11 is 0. The Morgan fingerprint density at radius 1 is 1.28 bits per heavy atom. The minimum Gasteiger partial charge on any atom is -0.381 e. The zero-order valence-electron chi connectivity index (χ0n) is 11.2. The van der Waals surface area contributed by atoms with E-state index >= 15 is 0 Å². The molecule has 100 valence electrons. The molecule has 1 atom stereocenters. The van der Waals surface area contributed by atoms with Crippen LogP contribution in [0.2, 0.25) is 0 Å². The lowest BCUT2D eigenvalue weighted by molar-refractivity contribution is 0.0850. The van der Waals surface area contributed by atoms with Crippen molar-refractivity contribution in [2.75, 3.05) is 26.3 Å². The largest absolute Gasteiger partial charge is 0.381 e. The van der Waals surface area contributed by atoms with Crippen LogP contribution in [-0.4, -0.2) is 36.1 Å². The highest BCUT2D eigenvalue weighted by Gasteiger charge is 2.27. The second-order valence-corrected chi connectivity index (χ2v) is 5.54. The average Bonchev–Trinajstić information content (AvgIpc) is 2.83. The molecule has 0 spiro atoms. The van der Waals surface area contributed by atoms with Crippen molar-refractivity contribution in [2.24, 2.45) is 7.05 Å². The van der Waals surface area contributed by atoms with Crippen LogP contribution in [0.25, 0.3) is 0 Å². The second-order valence-electron chi connectivity index (χ2n) is 5.54. The van der Waals surface area contributed by atoms with E-state index < -0.39 is 0 Å². The van der Waals surface area contributed by atoms with Crippen LogP contribution in [0, 0.1) is 0 Å². The Kier molecular flexibility index (Phi) is 3.66. The van der Waals surface area contributed by atoms with Crippen molar-refractivity contribution in [3.05, 3.63) is 17.5 Å². The van der Waals surface area contributed by atoms with Gasteiger partial charge in [0.1, 0.15) is 0 Å². The van der Waals surface area contributed by atoms with Crippen molar-refractivity contribution in [2.45, 2.75) is 37.5 Å². The van der Waals surface area contributed by atoms with E-state index in [4.69, 9.17) is 4.74 Å². The number of aromatic nitrogens is 2. The van der Waals surface area contributed by atoms with E-state index in [0.29, 0.717) is 11.8 Å². The van der Waals surface area contributed by atoms with Crippen molar-refractivity contribution in [1.82, 2.24) is 15.1 Å². The highest BCUT2D eigenvalue weighted by molar-refractivity contribution is 5.27. The number of aryl methyl sites for hydroxylation is 1. The molecule has 1 N–H and O–H groups in total. The Bertz CT molecular complexity index is 390. The molecule has 0 bridgehead atoms. The van der Waals surface area contributed by atoms with E-state index in [2.05, 4.69) is 28.3 Å². The van der Waals surface area contributed by atoms with Crippen LogP contribution in [0.4, 0.5) is 0 Å². The topological polar surface area (TPSA) is 39.1 Å². The standard InChI is InChI=1S/C14H23N3O/c1-17-14(12-3-2-6-15-9-12)13(10-16-17)11-4-7-18-8-5-11/h10-12,15H,2-9H2,1H3. The molecule has 3 rings (SSSR count). The lowest BCUT2D eigenvalue weighted by atomic mass is 9.86. The molecular formula is C14H23N3O. The molecule has 0 saturated carbocycles. The van der Waals surface area contributed by atoms with Gasteiger partial charge in [-0.1, -0.05) is 0 Å². The molecule has 18 heavy (non-hydrogen) atoms. The summed E-state index contributed by atoms with van der Waals surface area (Å²) in [6.45, 7) is 4.08. The summed E-state index contributed by atoms with van der Waals surface area (Å²) in [4.78, 5) is 0.